The number of aryl methyl sites for hydroxylation is 2. The van der Waals surface area contributed by atoms with Crippen LogP contribution in [0.25, 0.3) is 0 Å². The number of amides is 2. The number of nitrogens with zero attached hydrogens (tertiary/aromatic N) is 2. The smallest absolute Gasteiger partial charge is 0.319 e. The number of carbonyl (C=O) groups excluding carboxylic acids is 1. The van der Waals surface area contributed by atoms with Crippen molar-refractivity contribution in [2.75, 3.05) is 34.8 Å². The van der Waals surface area contributed by atoms with Crippen LogP contribution in [-0.2, 0) is 6.54 Å². The lowest BCUT2D eigenvalue weighted by Gasteiger charge is -2.27. The number of nitrogens with one attached hydrogen (secondary N) is 2. The molecule has 0 aliphatic carbocycles. The molecule has 0 unspecified atom stereocenters. The van der Waals surface area contributed by atoms with E-state index in [1.54, 1.807) is 0 Å². The van der Waals surface area contributed by atoms with Crippen LogP contribution < -0.4 is 15.5 Å². The van der Waals surface area contributed by atoms with E-state index in [9.17, 15) is 4.79 Å². The van der Waals surface area contributed by atoms with Gasteiger partial charge in [-0.2, -0.15) is 11.8 Å². The van der Waals surface area contributed by atoms with E-state index in [1.165, 1.54) is 5.56 Å². The molecule has 3 rings (SSSR count). The van der Waals surface area contributed by atoms with E-state index in [0.29, 0.717) is 6.54 Å². The van der Waals surface area contributed by atoms with E-state index in [-0.39, 0.29) is 6.03 Å². The Morgan fingerprint density at radius 1 is 1.20 bits per heavy atom. The van der Waals surface area contributed by atoms with Crippen molar-refractivity contribution in [3.63, 3.8) is 0 Å². The lowest BCUT2D eigenvalue weighted by Crippen LogP contribution is -2.33. The zero-order valence-electron chi connectivity index (χ0n) is 14.7. The highest BCUT2D eigenvalue weighted by atomic mass is 32.2. The molecule has 1 aliphatic heterocycles. The molecule has 1 aromatic carbocycles. The molecule has 0 radical (unpaired) electrons. The lowest BCUT2D eigenvalue weighted by atomic mass is 10.1. The standard InChI is InChI=1S/C19H24N4OS/c1-14-3-4-17(15(2)11-14)22-19(24)21-13-16-5-6-20-18(12-16)23-7-9-25-10-8-23/h3-6,11-12H,7-10,13H2,1-2H3,(H2,21,22,24). The number of rotatable bonds is 4. The minimum absolute atomic E-state index is 0.195. The molecule has 2 aromatic rings. The third-order valence-corrected chi connectivity index (χ3v) is 5.17. The third kappa shape index (κ3) is 4.89. The van der Waals surface area contributed by atoms with Gasteiger partial charge in [0, 0.05) is 43.0 Å². The van der Waals surface area contributed by atoms with E-state index in [1.807, 2.05) is 50.0 Å². The quantitative estimate of drug-likeness (QED) is 0.879. The van der Waals surface area contributed by atoms with E-state index in [0.717, 1.165) is 47.2 Å². The molecule has 25 heavy (non-hydrogen) atoms. The molecule has 2 N–H and O–H groups in total. The van der Waals surface area contributed by atoms with Crippen LogP contribution >= 0.6 is 11.8 Å². The fourth-order valence-electron chi connectivity index (χ4n) is 2.84. The monoisotopic (exact) mass is 356 g/mol. The molecule has 2 heterocycles. The molecule has 5 nitrogen and oxygen atoms in total. The maximum absolute atomic E-state index is 12.2. The molecule has 0 saturated carbocycles. The third-order valence-electron chi connectivity index (χ3n) is 4.23. The van der Waals surface area contributed by atoms with Gasteiger partial charge in [0.05, 0.1) is 0 Å². The molecule has 1 aliphatic rings. The topological polar surface area (TPSA) is 57.3 Å². The van der Waals surface area contributed by atoms with Gasteiger partial charge in [-0.05, 0) is 43.2 Å². The summed E-state index contributed by atoms with van der Waals surface area (Å²) >= 11 is 1.98. The summed E-state index contributed by atoms with van der Waals surface area (Å²) in [4.78, 5) is 18.9. The van der Waals surface area contributed by atoms with Gasteiger partial charge < -0.3 is 15.5 Å². The summed E-state index contributed by atoms with van der Waals surface area (Å²) in [5.74, 6) is 3.28. The summed E-state index contributed by atoms with van der Waals surface area (Å²) in [7, 11) is 0. The van der Waals surface area contributed by atoms with Crippen LogP contribution in [0.15, 0.2) is 36.5 Å². The summed E-state index contributed by atoms with van der Waals surface area (Å²) in [6.07, 6.45) is 1.82. The Labute approximate surface area is 153 Å². The average Bonchev–Trinajstić information content (AvgIpc) is 2.63. The number of carbonyl (C=O) groups is 1. The van der Waals surface area contributed by atoms with Crippen LogP contribution in [0.2, 0.25) is 0 Å². The molecule has 132 valence electrons. The highest BCUT2D eigenvalue weighted by Crippen LogP contribution is 2.18. The maximum atomic E-state index is 12.2. The second-order valence-corrected chi connectivity index (χ2v) is 7.47. The van der Waals surface area contributed by atoms with Gasteiger partial charge >= 0.3 is 6.03 Å². The largest absolute Gasteiger partial charge is 0.355 e. The van der Waals surface area contributed by atoms with Gasteiger partial charge in [0.1, 0.15) is 5.82 Å². The Hall–Kier alpha value is -2.21. The lowest BCUT2D eigenvalue weighted by molar-refractivity contribution is 0.251. The second kappa shape index (κ2) is 8.25. The molecule has 1 aromatic heterocycles. The summed E-state index contributed by atoms with van der Waals surface area (Å²) in [5.41, 5.74) is 4.14. The first-order chi connectivity index (χ1) is 12.1. The fraction of sp³-hybridized carbons (Fsp3) is 0.368. The maximum Gasteiger partial charge on any atom is 0.319 e. The molecule has 0 spiro atoms. The molecule has 0 atom stereocenters. The van der Waals surface area contributed by atoms with Crippen molar-refractivity contribution in [2.24, 2.45) is 0 Å². The number of pyridine rings is 1. The predicted molar refractivity (Wildman–Crippen MR) is 106 cm³/mol. The Kier molecular flexibility index (Phi) is 5.81. The number of aromatic nitrogens is 1. The summed E-state index contributed by atoms with van der Waals surface area (Å²) < 4.78 is 0. The summed E-state index contributed by atoms with van der Waals surface area (Å²) in [6.45, 7) is 6.58. The number of benzene rings is 1. The van der Waals surface area contributed by atoms with Crippen LogP contribution in [-0.4, -0.2) is 35.6 Å². The Morgan fingerprint density at radius 3 is 2.76 bits per heavy atom. The molecule has 6 heteroatoms. The zero-order valence-corrected chi connectivity index (χ0v) is 15.5. The van der Waals surface area contributed by atoms with E-state index in [2.05, 4.69) is 32.7 Å². The summed E-state index contributed by atoms with van der Waals surface area (Å²) in [5, 5.41) is 5.83. The first-order valence-corrected chi connectivity index (χ1v) is 9.67. The van der Waals surface area contributed by atoms with Crippen LogP contribution in [0, 0.1) is 13.8 Å². The van der Waals surface area contributed by atoms with Gasteiger partial charge in [0.25, 0.3) is 0 Å². The van der Waals surface area contributed by atoms with Gasteiger partial charge in [-0.25, -0.2) is 9.78 Å². The van der Waals surface area contributed by atoms with Crippen molar-refractivity contribution >= 4 is 29.3 Å². The van der Waals surface area contributed by atoms with Crippen molar-refractivity contribution in [1.82, 2.24) is 10.3 Å². The van der Waals surface area contributed by atoms with Crippen molar-refractivity contribution in [3.05, 3.63) is 53.2 Å². The molecule has 0 bridgehead atoms. The van der Waals surface area contributed by atoms with E-state index >= 15 is 0 Å². The van der Waals surface area contributed by atoms with E-state index < -0.39 is 0 Å². The SMILES string of the molecule is Cc1ccc(NC(=O)NCc2ccnc(N3CCSCC3)c2)c(C)c1. The average molecular weight is 356 g/mol. The molecule has 2 amide bonds. The van der Waals surface area contributed by atoms with E-state index in [4.69, 9.17) is 0 Å². The van der Waals surface area contributed by atoms with Crippen LogP contribution in [0.4, 0.5) is 16.3 Å². The van der Waals surface area contributed by atoms with Crippen LogP contribution in [0.5, 0.6) is 0 Å². The normalized spacial score (nSPS) is 14.2. The van der Waals surface area contributed by atoms with Crippen molar-refractivity contribution < 1.29 is 4.79 Å². The van der Waals surface area contributed by atoms with Gasteiger partial charge in [0.15, 0.2) is 0 Å². The number of hydrogen-bond acceptors (Lipinski definition) is 4. The van der Waals surface area contributed by atoms with Crippen molar-refractivity contribution in [3.8, 4) is 0 Å². The Balaban J connectivity index is 1.56. The van der Waals surface area contributed by atoms with Gasteiger partial charge in [0.2, 0.25) is 0 Å². The predicted octanol–water partition coefficient (Wildman–Crippen LogP) is 3.57. The van der Waals surface area contributed by atoms with Crippen LogP contribution in [0.1, 0.15) is 16.7 Å². The van der Waals surface area contributed by atoms with Gasteiger partial charge in [-0.1, -0.05) is 17.7 Å². The van der Waals surface area contributed by atoms with Crippen molar-refractivity contribution in [2.45, 2.75) is 20.4 Å². The second-order valence-electron chi connectivity index (χ2n) is 6.25. The number of anilines is 2. The van der Waals surface area contributed by atoms with Crippen molar-refractivity contribution in [1.29, 1.82) is 0 Å². The Morgan fingerprint density at radius 2 is 2.00 bits per heavy atom. The highest BCUT2D eigenvalue weighted by Gasteiger charge is 2.12. The first-order valence-electron chi connectivity index (χ1n) is 8.51. The zero-order chi connectivity index (χ0) is 17.6. The molecular formula is C19H24N4OS. The molecule has 1 fully saturated rings. The number of thioether (sulfide) groups is 1. The van der Waals surface area contributed by atoms with Crippen LogP contribution in [0.3, 0.4) is 0 Å². The minimum atomic E-state index is -0.195. The highest BCUT2D eigenvalue weighted by molar-refractivity contribution is 7.99. The fourth-order valence-corrected chi connectivity index (χ4v) is 3.74. The van der Waals surface area contributed by atoms with Gasteiger partial charge in [-0.15, -0.1) is 0 Å². The number of hydrogen-bond donors (Lipinski definition) is 2. The molecular weight excluding hydrogens is 332 g/mol. The molecule has 1 saturated heterocycles. The summed E-state index contributed by atoms with van der Waals surface area (Å²) in [6, 6.07) is 9.80. The number of urea groups is 1. The first kappa shape index (κ1) is 17.6. The minimum Gasteiger partial charge on any atom is -0.355 e. The van der Waals surface area contributed by atoms with Gasteiger partial charge in [-0.3, -0.25) is 0 Å². The Bertz CT molecular complexity index is 744.